The van der Waals surface area contributed by atoms with Gasteiger partial charge in [0.15, 0.2) is 5.65 Å². The molecule has 0 bridgehead atoms. The number of nitrogens with one attached hydrogen (secondary N) is 1. The molecule has 31 heavy (non-hydrogen) atoms. The van der Waals surface area contributed by atoms with Gasteiger partial charge in [0.2, 0.25) is 0 Å². The molecule has 1 N–H and O–H groups in total. The van der Waals surface area contributed by atoms with E-state index in [2.05, 4.69) is 10.4 Å². The highest BCUT2D eigenvalue weighted by molar-refractivity contribution is 6.36. The molecule has 0 spiro atoms. The minimum atomic E-state index is 0.0162. The van der Waals surface area contributed by atoms with Crippen molar-refractivity contribution in [2.45, 2.75) is 6.42 Å². The lowest BCUT2D eigenvalue weighted by atomic mass is 10.0. The highest BCUT2D eigenvalue weighted by Crippen LogP contribution is 2.28. The first-order valence-corrected chi connectivity index (χ1v) is 10.5. The van der Waals surface area contributed by atoms with Crippen LogP contribution in [0, 0.1) is 0 Å². The molecule has 0 radical (unpaired) electrons. The number of carbonyl (C=O) groups is 1. The Kier molecular flexibility index (Phi) is 6.00. The van der Waals surface area contributed by atoms with Crippen LogP contribution in [0.5, 0.6) is 0 Å². The first-order chi connectivity index (χ1) is 15.0. The molecule has 0 aliphatic carbocycles. The monoisotopic (exact) mass is 434 g/mol. The third-order valence-corrected chi connectivity index (χ3v) is 5.61. The second-order valence-corrected chi connectivity index (χ2v) is 7.99. The average Bonchev–Trinajstić information content (AvgIpc) is 3.36. The van der Waals surface area contributed by atoms with Gasteiger partial charge in [-0.3, -0.25) is 4.79 Å². The first kappa shape index (κ1) is 21.0. The van der Waals surface area contributed by atoms with Crippen molar-refractivity contribution >= 4 is 42.3 Å². The van der Waals surface area contributed by atoms with Crippen LogP contribution in [0.2, 0.25) is 5.02 Å². The fourth-order valence-electron chi connectivity index (χ4n) is 3.52. The molecule has 0 atom stereocenters. The largest absolute Gasteiger partial charge is 0.370 e. The summed E-state index contributed by atoms with van der Waals surface area (Å²) < 4.78 is 3.63. The van der Waals surface area contributed by atoms with E-state index in [1.54, 1.807) is 15.6 Å². The lowest BCUT2D eigenvalue weighted by Crippen LogP contribution is -2.30. The van der Waals surface area contributed by atoms with Gasteiger partial charge >= 0.3 is 0 Å². The molecular formula is C22H24BClN6O. The lowest BCUT2D eigenvalue weighted by Gasteiger charge is -2.18. The molecule has 4 aromatic rings. The molecule has 9 heteroatoms. The van der Waals surface area contributed by atoms with Crippen molar-refractivity contribution < 1.29 is 4.79 Å². The number of fused-ring (bicyclic) bond motifs is 1. The Bertz CT molecular complexity index is 1230. The maximum atomic E-state index is 12.6. The maximum absolute atomic E-state index is 12.6. The van der Waals surface area contributed by atoms with E-state index in [9.17, 15) is 4.79 Å². The Morgan fingerprint density at radius 3 is 2.81 bits per heavy atom. The van der Waals surface area contributed by atoms with E-state index in [-0.39, 0.29) is 5.91 Å². The van der Waals surface area contributed by atoms with E-state index >= 15 is 0 Å². The molecule has 0 aliphatic heterocycles. The van der Waals surface area contributed by atoms with E-state index in [0.29, 0.717) is 23.8 Å². The fraction of sp³-hybridized carbons (Fsp3) is 0.227. The minimum Gasteiger partial charge on any atom is -0.370 e. The number of carbonyl (C=O) groups excluding carboxylic acids is 1. The topological polar surface area (TPSA) is 67.5 Å². The fourth-order valence-corrected chi connectivity index (χ4v) is 3.75. The number of amides is 1. The molecule has 0 saturated carbocycles. The van der Waals surface area contributed by atoms with Crippen molar-refractivity contribution in [1.29, 1.82) is 0 Å². The summed E-state index contributed by atoms with van der Waals surface area (Å²) in [6.07, 6.45) is 4.47. The molecule has 4 rings (SSSR count). The van der Waals surface area contributed by atoms with E-state index in [1.165, 1.54) is 0 Å². The highest BCUT2D eigenvalue weighted by atomic mass is 35.5. The number of aryl methyl sites for hydroxylation is 1. The third kappa shape index (κ3) is 4.30. The summed E-state index contributed by atoms with van der Waals surface area (Å²) >= 11 is 6.40. The molecule has 0 unspecified atom stereocenters. The van der Waals surface area contributed by atoms with Gasteiger partial charge < -0.3 is 14.8 Å². The lowest BCUT2D eigenvalue weighted by molar-refractivity contribution is 0.0785. The van der Waals surface area contributed by atoms with Crippen LogP contribution in [-0.4, -0.2) is 58.0 Å². The summed E-state index contributed by atoms with van der Waals surface area (Å²) in [7, 11) is 5.69. The number of aromatic nitrogens is 4. The van der Waals surface area contributed by atoms with Gasteiger partial charge in [-0.1, -0.05) is 29.8 Å². The molecule has 0 fully saturated rings. The molecule has 3 heterocycles. The number of hydrogen-bond donors (Lipinski definition) is 1. The minimum absolute atomic E-state index is 0.0162. The molecule has 3 aromatic heterocycles. The summed E-state index contributed by atoms with van der Waals surface area (Å²) in [5.74, 6) is 0.854. The SMILES string of the molecule is Bc1cnn2c(NCCCN(C)C(=O)c3cccn3C)cc(-c3ccccc3Cl)nc12. The van der Waals surface area contributed by atoms with Gasteiger partial charge in [-0.2, -0.15) is 9.61 Å². The molecular weight excluding hydrogens is 411 g/mol. The second-order valence-electron chi connectivity index (χ2n) is 7.58. The molecule has 7 nitrogen and oxygen atoms in total. The first-order valence-electron chi connectivity index (χ1n) is 10.2. The summed E-state index contributed by atoms with van der Waals surface area (Å²) in [5.41, 5.74) is 4.13. The van der Waals surface area contributed by atoms with Gasteiger partial charge in [-0.15, -0.1) is 0 Å². The number of nitrogens with zero attached hydrogens (tertiary/aromatic N) is 5. The molecule has 0 saturated heterocycles. The Morgan fingerprint density at radius 1 is 1.26 bits per heavy atom. The zero-order valence-corrected chi connectivity index (χ0v) is 18.6. The number of benzene rings is 1. The number of anilines is 1. The van der Waals surface area contributed by atoms with Crippen LogP contribution in [0.3, 0.4) is 0 Å². The predicted molar refractivity (Wildman–Crippen MR) is 127 cm³/mol. The van der Waals surface area contributed by atoms with Gasteiger partial charge in [0.05, 0.1) is 5.69 Å². The van der Waals surface area contributed by atoms with Crippen LogP contribution in [0.15, 0.2) is 54.9 Å². The quantitative estimate of drug-likeness (QED) is 0.358. The number of hydrogen-bond acceptors (Lipinski definition) is 4. The number of rotatable bonds is 7. The molecule has 1 amide bonds. The van der Waals surface area contributed by atoms with Crippen LogP contribution in [-0.2, 0) is 7.05 Å². The normalized spacial score (nSPS) is 11.1. The van der Waals surface area contributed by atoms with Crippen LogP contribution in [0.25, 0.3) is 16.9 Å². The van der Waals surface area contributed by atoms with Crippen molar-refractivity contribution in [3.05, 3.63) is 65.6 Å². The van der Waals surface area contributed by atoms with Crippen LogP contribution < -0.4 is 10.8 Å². The molecule has 158 valence electrons. The summed E-state index contributed by atoms with van der Waals surface area (Å²) in [6, 6.07) is 13.3. The van der Waals surface area contributed by atoms with E-state index in [1.807, 2.05) is 75.2 Å². The highest BCUT2D eigenvalue weighted by Gasteiger charge is 2.15. The Hall–Kier alpha value is -3.26. The van der Waals surface area contributed by atoms with Gasteiger partial charge in [-0.05, 0) is 30.1 Å². The summed E-state index contributed by atoms with van der Waals surface area (Å²) in [4.78, 5) is 19.1. The van der Waals surface area contributed by atoms with Crippen molar-refractivity contribution in [2.24, 2.45) is 7.05 Å². The van der Waals surface area contributed by atoms with Crippen molar-refractivity contribution in [3.8, 4) is 11.3 Å². The predicted octanol–water partition coefficient (Wildman–Crippen LogP) is 2.22. The van der Waals surface area contributed by atoms with Crippen LogP contribution in [0.1, 0.15) is 16.9 Å². The van der Waals surface area contributed by atoms with Gasteiger partial charge in [0.25, 0.3) is 5.91 Å². The van der Waals surface area contributed by atoms with E-state index in [4.69, 9.17) is 16.6 Å². The van der Waals surface area contributed by atoms with E-state index < -0.39 is 0 Å². The number of halogens is 1. The summed E-state index contributed by atoms with van der Waals surface area (Å²) in [6.45, 7) is 1.32. The van der Waals surface area contributed by atoms with E-state index in [0.717, 1.165) is 34.6 Å². The molecule has 0 aliphatic rings. The average molecular weight is 435 g/mol. The smallest absolute Gasteiger partial charge is 0.270 e. The van der Waals surface area contributed by atoms with Crippen molar-refractivity contribution in [3.63, 3.8) is 0 Å². The standard InChI is InChI=1S/C22H24BClN6O/c1-28-11-5-9-19(28)22(31)29(2)12-6-10-25-20-13-18(15-7-3-4-8-17(15)24)27-21-16(23)14-26-30(20)21/h3-5,7-9,11,13-14,25H,6,10,12,23H2,1-2H3. The van der Waals surface area contributed by atoms with Crippen molar-refractivity contribution in [2.75, 3.05) is 25.5 Å². The van der Waals surface area contributed by atoms with Gasteiger partial charge in [0, 0.05) is 56.2 Å². The van der Waals surface area contributed by atoms with Gasteiger partial charge in [-0.25, -0.2) is 4.98 Å². The Morgan fingerprint density at radius 2 is 2.06 bits per heavy atom. The zero-order chi connectivity index (χ0) is 22.0. The maximum Gasteiger partial charge on any atom is 0.270 e. The second kappa shape index (κ2) is 8.85. The Balaban J connectivity index is 1.48. The summed E-state index contributed by atoms with van der Waals surface area (Å²) in [5, 5.41) is 8.55. The Labute approximate surface area is 187 Å². The molecule has 1 aromatic carbocycles. The zero-order valence-electron chi connectivity index (χ0n) is 17.8. The van der Waals surface area contributed by atoms with Crippen LogP contribution >= 0.6 is 11.6 Å². The third-order valence-electron chi connectivity index (χ3n) is 5.28. The van der Waals surface area contributed by atoms with Crippen molar-refractivity contribution in [1.82, 2.24) is 24.1 Å². The van der Waals surface area contributed by atoms with Crippen LogP contribution in [0.4, 0.5) is 5.82 Å². The van der Waals surface area contributed by atoms with Gasteiger partial charge in [0.1, 0.15) is 19.4 Å².